The van der Waals surface area contributed by atoms with Crippen LogP contribution in [0.4, 0.5) is 0 Å². The Kier molecular flexibility index (Phi) is 13.8. The zero-order chi connectivity index (χ0) is 19.9. The highest BCUT2D eigenvalue weighted by atomic mass is 16.7. The van der Waals surface area contributed by atoms with Crippen LogP contribution < -0.4 is 0 Å². The number of hydrogen-bond acceptors (Lipinski definition) is 6. The summed E-state index contributed by atoms with van der Waals surface area (Å²) in [4.78, 5) is 0. The molecule has 1 aliphatic rings. The first kappa shape index (κ1) is 24.4. The van der Waals surface area contributed by atoms with Crippen molar-refractivity contribution in [2.24, 2.45) is 0 Å². The number of unbranched alkanes of at least 4 members (excludes halogenated alkanes) is 4. The molecule has 1 N–H and O–H groups in total. The zero-order valence-electron chi connectivity index (χ0n) is 17.6. The highest BCUT2D eigenvalue weighted by molar-refractivity contribution is 4.85. The lowest BCUT2D eigenvalue weighted by atomic mass is 10.0. The molecule has 6 nitrogen and oxygen atoms in total. The number of hydrogen-bond donors (Lipinski definition) is 1. The summed E-state index contributed by atoms with van der Waals surface area (Å²) in [5.41, 5.74) is 0. The first-order valence-corrected chi connectivity index (χ1v) is 10.4. The molecule has 0 amide bonds. The Bertz CT molecular complexity index is 376. The highest BCUT2D eigenvalue weighted by Gasteiger charge is 2.39. The largest absolute Gasteiger partial charge is 0.473 e. The summed E-state index contributed by atoms with van der Waals surface area (Å²) in [6.07, 6.45) is 10.3. The van der Waals surface area contributed by atoms with Gasteiger partial charge in [0.2, 0.25) is 6.29 Å². The van der Waals surface area contributed by atoms with Gasteiger partial charge in [-0.2, -0.15) is 0 Å². The van der Waals surface area contributed by atoms with Gasteiger partial charge in [-0.1, -0.05) is 45.1 Å². The molecular formula is C21H40O6. The summed E-state index contributed by atoms with van der Waals surface area (Å²) in [6.45, 7) is 4.96. The van der Waals surface area contributed by atoms with Crippen molar-refractivity contribution in [3.05, 3.63) is 12.3 Å². The van der Waals surface area contributed by atoms with Crippen molar-refractivity contribution in [2.75, 3.05) is 27.4 Å². The molecule has 0 saturated carbocycles. The van der Waals surface area contributed by atoms with Gasteiger partial charge >= 0.3 is 0 Å². The summed E-state index contributed by atoms with van der Waals surface area (Å²) < 4.78 is 28.0. The molecule has 0 radical (unpaired) electrons. The monoisotopic (exact) mass is 388 g/mol. The molecule has 0 aromatic rings. The van der Waals surface area contributed by atoms with Crippen LogP contribution in [0.15, 0.2) is 12.3 Å². The normalized spacial score (nSPS) is 27.1. The van der Waals surface area contributed by atoms with Crippen LogP contribution in [0.3, 0.4) is 0 Å². The Morgan fingerprint density at radius 3 is 2.59 bits per heavy atom. The molecule has 0 spiro atoms. The minimum atomic E-state index is -0.731. The molecule has 27 heavy (non-hydrogen) atoms. The van der Waals surface area contributed by atoms with E-state index in [0.717, 1.165) is 12.8 Å². The number of aliphatic hydroxyl groups excluding tert-OH is 1. The fourth-order valence-corrected chi connectivity index (χ4v) is 3.33. The fraction of sp³-hybridized carbons (Fsp3) is 0.905. The summed E-state index contributed by atoms with van der Waals surface area (Å²) >= 11 is 0. The number of rotatable bonds is 15. The molecule has 0 aromatic carbocycles. The molecule has 0 bridgehead atoms. The van der Waals surface area contributed by atoms with Crippen LogP contribution in [0.2, 0.25) is 0 Å². The van der Waals surface area contributed by atoms with E-state index in [1.54, 1.807) is 26.6 Å². The van der Waals surface area contributed by atoms with E-state index in [2.05, 4.69) is 6.92 Å². The van der Waals surface area contributed by atoms with E-state index < -0.39 is 18.5 Å². The standard InChI is InChI=1S/C21H40O6/c1-5-7-8-9-10-11-17(24-4)12-14-25-18-15-20(26-13-6-2)27-19(16-23-3)21(18)22/h6,13,17-22H,5,7-12,14-16H2,1-4H3/b13-6-/t17?,18?,19?,20-,21-/m0/s1. The van der Waals surface area contributed by atoms with E-state index in [1.807, 2.05) is 6.92 Å². The SMILES string of the molecule is C/C=C\O[C@@H]1CC(OCCC(CCCCCCC)OC)[C@H](O)C(COC)O1. The van der Waals surface area contributed by atoms with E-state index in [0.29, 0.717) is 19.6 Å². The van der Waals surface area contributed by atoms with Crippen LogP contribution in [-0.2, 0) is 23.7 Å². The Hall–Kier alpha value is -0.660. The molecule has 1 saturated heterocycles. The van der Waals surface area contributed by atoms with Gasteiger partial charge in [0.15, 0.2) is 0 Å². The average molecular weight is 389 g/mol. The van der Waals surface area contributed by atoms with Crippen LogP contribution in [0, 0.1) is 0 Å². The number of methoxy groups -OCH3 is 2. The Morgan fingerprint density at radius 1 is 1.15 bits per heavy atom. The van der Waals surface area contributed by atoms with Gasteiger partial charge in [-0.05, 0) is 19.8 Å². The number of ether oxygens (including phenoxy) is 5. The third kappa shape index (κ3) is 9.90. The van der Waals surface area contributed by atoms with Crippen molar-refractivity contribution in [1.29, 1.82) is 0 Å². The maximum atomic E-state index is 10.5. The molecule has 1 fully saturated rings. The fourth-order valence-electron chi connectivity index (χ4n) is 3.33. The second-order valence-corrected chi connectivity index (χ2v) is 7.15. The molecule has 1 heterocycles. The summed E-state index contributed by atoms with van der Waals surface area (Å²) in [5, 5.41) is 10.5. The summed E-state index contributed by atoms with van der Waals surface area (Å²) in [7, 11) is 3.35. The summed E-state index contributed by atoms with van der Waals surface area (Å²) in [6, 6.07) is 0. The lowest BCUT2D eigenvalue weighted by Gasteiger charge is -2.38. The smallest absolute Gasteiger partial charge is 0.202 e. The minimum Gasteiger partial charge on any atom is -0.473 e. The van der Waals surface area contributed by atoms with E-state index in [-0.39, 0.29) is 12.2 Å². The van der Waals surface area contributed by atoms with Gasteiger partial charge < -0.3 is 28.8 Å². The topological polar surface area (TPSA) is 66.4 Å². The molecular weight excluding hydrogens is 348 g/mol. The van der Waals surface area contributed by atoms with Crippen LogP contribution in [-0.4, -0.2) is 63.2 Å². The predicted molar refractivity (Wildman–Crippen MR) is 106 cm³/mol. The lowest BCUT2D eigenvalue weighted by molar-refractivity contribution is -0.251. The zero-order valence-corrected chi connectivity index (χ0v) is 17.6. The van der Waals surface area contributed by atoms with Gasteiger partial charge in [0.25, 0.3) is 0 Å². The maximum absolute atomic E-state index is 10.5. The molecule has 1 aliphatic heterocycles. The van der Waals surface area contributed by atoms with Gasteiger partial charge in [0.1, 0.15) is 12.2 Å². The molecule has 1 rings (SSSR count). The molecule has 3 unspecified atom stereocenters. The average Bonchev–Trinajstić information content (AvgIpc) is 2.67. The van der Waals surface area contributed by atoms with Crippen LogP contribution in [0.1, 0.15) is 65.2 Å². The number of aliphatic hydroxyl groups is 1. The van der Waals surface area contributed by atoms with Crippen molar-refractivity contribution in [3.8, 4) is 0 Å². The van der Waals surface area contributed by atoms with Crippen molar-refractivity contribution < 1.29 is 28.8 Å². The Labute approximate surface area is 165 Å². The molecule has 160 valence electrons. The van der Waals surface area contributed by atoms with E-state index in [1.165, 1.54) is 32.1 Å². The Balaban J connectivity index is 2.39. The van der Waals surface area contributed by atoms with E-state index in [9.17, 15) is 5.11 Å². The lowest BCUT2D eigenvalue weighted by Crippen LogP contribution is -2.51. The minimum absolute atomic E-state index is 0.202. The van der Waals surface area contributed by atoms with E-state index >= 15 is 0 Å². The van der Waals surface area contributed by atoms with Crippen molar-refractivity contribution in [1.82, 2.24) is 0 Å². The van der Waals surface area contributed by atoms with Crippen LogP contribution in [0.5, 0.6) is 0 Å². The van der Waals surface area contributed by atoms with Gasteiger partial charge in [-0.15, -0.1) is 0 Å². The van der Waals surface area contributed by atoms with Crippen molar-refractivity contribution >= 4 is 0 Å². The first-order chi connectivity index (χ1) is 13.2. The van der Waals surface area contributed by atoms with Crippen LogP contribution in [0.25, 0.3) is 0 Å². The third-order valence-electron chi connectivity index (χ3n) is 4.95. The van der Waals surface area contributed by atoms with Crippen molar-refractivity contribution in [2.45, 2.75) is 95.9 Å². The number of allylic oxidation sites excluding steroid dienone is 1. The van der Waals surface area contributed by atoms with Gasteiger partial charge in [-0.3, -0.25) is 0 Å². The quantitative estimate of drug-likeness (QED) is 0.340. The van der Waals surface area contributed by atoms with Gasteiger partial charge in [-0.25, -0.2) is 0 Å². The third-order valence-corrected chi connectivity index (χ3v) is 4.95. The second-order valence-electron chi connectivity index (χ2n) is 7.15. The van der Waals surface area contributed by atoms with E-state index in [4.69, 9.17) is 23.7 Å². The highest BCUT2D eigenvalue weighted by Crippen LogP contribution is 2.25. The second kappa shape index (κ2) is 15.3. The molecule has 0 aliphatic carbocycles. The predicted octanol–water partition coefficient (Wildman–Crippen LogP) is 3.81. The molecule has 0 aromatic heterocycles. The molecule has 5 atom stereocenters. The first-order valence-electron chi connectivity index (χ1n) is 10.4. The molecule has 6 heteroatoms. The van der Waals surface area contributed by atoms with Gasteiger partial charge in [0.05, 0.1) is 25.1 Å². The van der Waals surface area contributed by atoms with Gasteiger partial charge in [0, 0.05) is 27.2 Å². The van der Waals surface area contributed by atoms with Crippen molar-refractivity contribution in [3.63, 3.8) is 0 Å². The maximum Gasteiger partial charge on any atom is 0.202 e. The summed E-state index contributed by atoms with van der Waals surface area (Å²) in [5.74, 6) is 0. The van der Waals surface area contributed by atoms with Crippen LogP contribution >= 0.6 is 0 Å². The Morgan fingerprint density at radius 2 is 1.93 bits per heavy atom.